The van der Waals surface area contributed by atoms with Gasteiger partial charge < -0.3 is 14.5 Å². The molecule has 0 unspecified atom stereocenters. The first-order valence-corrected chi connectivity index (χ1v) is 6.97. The summed E-state index contributed by atoms with van der Waals surface area (Å²) in [7, 11) is 0. The van der Waals surface area contributed by atoms with Crippen LogP contribution in [0, 0.1) is 5.92 Å². The first-order chi connectivity index (χ1) is 9.75. The second kappa shape index (κ2) is 5.63. The van der Waals surface area contributed by atoms with Gasteiger partial charge in [-0.15, -0.1) is 0 Å². The number of benzene rings is 1. The lowest BCUT2D eigenvalue weighted by molar-refractivity contribution is -0.139. The van der Waals surface area contributed by atoms with Gasteiger partial charge >= 0.3 is 0 Å². The number of carbonyl (C=O) groups excluding carboxylic acids is 2. The molecule has 2 aliphatic rings. The van der Waals surface area contributed by atoms with Crippen molar-refractivity contribution in [2.45, 2.75) is 6.42 Å². The Kier molecular flexibility index (Phi) is 3.69. The third-order valence-electron chi connectivity index (χ3n) is 3.86. The number of anilines is 1. The topological polar surface area (TPSA) is 49.9 Å². The summed E-state index contributed by atoms with van der Waals surface area (Å²) in [6.07, 6.45) is 0.311. The van der Waals surface area contributed by atoms with Crippen molar-refractivity contribution < 1.29 is 14.3 Å². The van der Waals surface area contributed by atoms with Gasteiger partial charge in [-0.2, -0.15) is 0 Å². The Morgan fingerprint density at radius 1 is 1.15 bits per heavy atom. The lowest BCUT2D eigenvalue weighted by Crippen LogP contribution is -2.44. The zero-order chi connectivity index (χ0) is 13.9. The molecule has 2 amide bonds. The average Bonchev–Trinajstić information content (AvgIpc) is 2.90. The highest BCUT2D eigenvalue weighted by Crippen LogP contribution is 2.26. The summed E-state index contributed by atoms with van der Waals surface area (Å²) in [6.45, 7) is 2.94. The zero-order valence-electron chi connectivity index (χ0n) is 11.3. The molecule has 2 fully saturated rings. The number of hydrogen-bond acceptors (Lipinski definition) is 3. The van der Waals surface area contributed by atoms with Crippen LogP contribution in [0.15, 0.2) is 30.3 Å². The summed E-state index contributed by atoms with van der Waals surface area (Å²) in [5.41, 5.74) is 0.870. The van der Waals surface area contributed by atoms with Gasteiger partial charge in [-0.25, -0.2) is 0 Å². The van der Waals surface area contributed by atoms with Crippen LogP contribution in [0.4, 0.5) is 5.69 Å². The number of carbonyl (C=O) groups is 2. The van der Waals surface area contributed by atoms with Crippen LogP contribution in [0.1, 0.15) is 6.42 Å². The van der Waals surface area contributed by atoms with Gasteiger partial charge in [0.2, 0.25) is 11.8 Å². The molecule has 0 radical (unpaired) electrons. The molecule has 1 aromatic carbocycles. The summed E-state index contributed by atoms with van der Waals surface area (Å²) in [4.78, 5) is 28.0. The fraction of sp³-hybridized carbons (Fsp3) is 0.467. The van der Waals surface area contributed by atoms with Crippen molar-refractivity contribution in [2.24, 2.45) is 5.92 Å². The van der Waals surface area contributed by atoms with E-state index in [0.717, 1.165) is 5.69 Å². The van der Waals surface area contributed by atoms with Gasteiger partial charge in [-0.3, -0.25) is 9.59 Å². The van der Waals surface area contributed by atoms with Crippen LogP contribution in [0.2, 0.25) is 0 Å². The highest BCUT2D eigenvalue weighted by atomic mass is 16.5. The van der Waals surface area contributed by atoms with E-state index in [2.05, 4.69) is 0 Å². The van der Waals surface area contributed by atoms with Gasteiger partial charge in [0, 0.05) is 31.7 Å². The molecule has 0 saturated carbocycles. The fourth-order valence-corrected chi connectivity index (χ4v) is 2.77. The van der Waals surface area contributed by atoms with Gasteiger partial charge in [-0.1, -0.05) is 18.2 Å². The summed E-state index contributed by atoms with van der Waals surface area (Å²) < 4.78 is 5.25. The Balaban J connectivity index is 1.68. The molecule has 0 bridgehead atoms. The summed E-state index contributed by atoms with van der Waals surface area (Å²) >= 11 is 0. The van der Waals surface area contributed by atoms with Gasteiger partial charge in [0.05, 0.1) is 19.1 Å². The SMILES string of the molecule is O=C([C@@H]1CC(=O)N(c2ccccc2)C1)N1CCOCC1. The fourth-order valence-electron chi connectivity index (χ4n) is 2.77. The minimum absolute atomic E-state index is 0.0304. The van der Waals surface area contributed by atoms with E-state index in [1.807, 2.05) is 35.2 Å². The molecule has 2 heterocycles. The molecule has 3 rings (SSSR count). The van der Waals surface area contributed by atoms with Crippen LogP contribution in [0.3, 0.4) is 0 Å². The standard InChI is InChI=1S/C15H18N2O3/c18-14-10-12(15(19)16-6-8-20-9-7-16)11-17(14)13-4-2-1-3-5-13/h1-5,12H,6-11H2/t12-/m1/s1. The van der Waals surface area contributed by atoms with Crippen LogP contribution >= 0.6 is 0 Å². The first kappa shape index (κ1) is 13.1. The summed E-state index contributed by atoms with van der Waals surface area (Å²) in [5.74, 6) is -0.108. The van der Waals surface area contributed by atoms with Gasteiger partial charge in [0.25, 0.3) is 0 Å². The third kappa shape index (κ3) is 2.54. The molecule has 0 N–H and O–H groups in total. The minimum Gasteiger partial charge on any atom is -0.378 e. The Morgan fingerprint density at radius 2 is 1.85 bits per heavy atom. The number of para-hydroxylation sites is 1. The monoisotopic (exact) mass is 274 g/mol. The molecule has 2 saturated heterocycles. The van der Waals surface area contributed by atoms with E-state index in [-0.39, 0.29) is 17.7 Å². The molecule has 2 aliphatic heterocycles. The zero-order valence-corrected chi connectivity index (χ0v) is 11.3. The molecule has 5 nitrogen and oxygen atoms in total. The quantitative estimate of drug-likeness (QED) is 0.805. The van der Waals surface area contributed by atoms with Crippen molar-refractivity contribution in [1.82, 2.24) is 4.90 Å². The van der Waals surface area contributed by atoms with Crippen molar-refractivity contribution in [1.29, 1.82) is 0 Å². The molecule has 20 heavy (non-hydrogen) atoms. The van der Waals surface area contributed by atoms with E-state index in [0.29, 0.717) is 39.3 Å². The highest BCUT2D eigenvalue weighted by Gasteiger charge is 2.37. The van der Waals surface area contributed by atoms with Gasteiger partial charge in [-0.05, 0) is 12.1 Å². The molecule has 1 atom stereocenters. The molecule has 0 aromatic heterocycles. The number of nitrogens with zero attached hydrogens (tertiary/aromatic N) is 2. The first-order valence-electron chi connectivity index (χ1n) is 6.97. The summed E-state index contributed by atoms with van der Waals surface area (Å²) in [5, 5.41) is 0. The van der Waals surface area contributed by atoms with E-state index in [1.165, 1.54) is 0 Å². The maximum Gasteiger partial charge on any atom is 0.228 e. The van der Waals surface area contributed by atoms with Crippen molar-refractivity contribution in [3.8, 4) is 0 Å². The van der Waals surface area contributed by atoms with Crippen molar-refractivity contribution >= 4 is 17.5 Å². The lowest BCUT2D eigenvalue weighted by Gasteiger charge is -2.29. The Hall–Kier alpha value is -1.88. The Labute approximate surface area is 118 Å². The van der Waals surface area contributed by atoms with E-state index in [1.54, 1.807) is 4.90 Å². The molecule has 0 spiro atoms. The van der Waals surface area contributed by atoms with Gasteiger partial charge in [0.15, 0.2) is 0 Å². The predicted molar refractivity (Wildman–Crippen MR) is 74.3 cm³/mol. The maximum absolute atomic E-state index is 12.4. The normalized spacial score (nSPS) is 23.2. The predicted octanol–water partition coefficient (Wildman–Crippen LogP) is 0.898. The number of morpholine rings is 1. The molecule has 106 valence electrons. The Morgan fingerprint density at radius 3 is 2.55 bits per heavy atom. The van der Waals surface area contributed by atoms with Crippen LogP contribution in [-0.4, -0.2) is 49.6 Å². The number of ether oxygens (including phenoxy) is 1. The highest BCUT2D eigenvalue weighted by molar-refractivity contribution is 6.00. The smallest absolute Gasteiger partial charge is 0.228 e. The summed E-state index contributed by atoms with van der Waals surface area (Å²) in [6, 6.07) is 9.53. The van der Waals surface area contributed by atoms with E-state index >= 15 is 0 Å². The van der Waals surface area contributed by atoms with E-state index in [4.69, 9.17) is 4.74 Å². The maximum atomic E-state index is 12.4. The van der Waals surface area contributed by atoms with Gasteiger partial charge in [0.1, 0.15) is 0 Å². The van der Waals surface area contributed by atoms with Crippen LogP contribution in [0.25, 0.3) is 0 Å². The third-order valence-corrected chi connectivity index (χ3v) is 3.86. The van der Waals surface area contributed by atoms with Crippen LogP contribution < -0.4 is 4.90 Å². The van der Waals surface area contributed by atoms with E-state index < -0.39 is 0 Å². The second-order valence-corrected chi connectivity index (χ2v) is 5.18. The molecule has 0 aliphatic carbocycles. The molecule has 5 heteroatoms. The number of hydrogen-bond donors (Lipinski definition) is 0. The van der Waals surface area contributed by atoms with Crippen molar-refractivity contribution in [2.75, 3.05) is 37.7 Å². The average molecular weight is 274 g/mol. The molecular weight excluding hydrogens is 256 g/mol. The second-order valence-electron chi connectivity index (χ2n) is 5.18. The Bertz CT molecular complexity index is 497. The van der Waals surface area contributed by atoms with Crippen LogP contribution in [0.5, 0.6) is 0 Å². The van der Waals surface area contributed by atoms with Crippen molar-refractivity contribution in [3.05, 3.63) is 30.3 Å². The number of amides is 2. The van der Waals surface area contributed by atoms with Crippen molar-refractivity contribution in [3.63, 3.8) is 0 Å². The van der Waals surface area contributed by atoms with E-state index in [9.17, 15) is 9.59 Å². The van der Waals surface area contributed by atoms with Crippen LogP contribution in [-0.2, 0) is 14.3 Å². The molecular formula is C15H18N2O3. The number of rotatable bonds is 2. The lowest BCUT2D eigenvalue weighted by atomic mass is 10.1. The molecule has 1 aromatic rings. The largest absolute Gasteiger partial charge is 0.378 e. The minimum atomic E-state index is -0.221.